The van der Waals surface area contributed by atoms with Crippen molar-refractivity contribution in [1.29, 1.82) is 0 Å². The van der Waals surface area contributed by atoms with Crippen LogP contribution in [0.5, 0.6) is 11.8 Å². The van der Waals surface area contributed by atoms with E-state index in [9.17, 15) is 18.3 Å². The van der Waals surface area contributed by atoms with Gasteiger partial charge in [-0.1, -0.05) is 24.7 Å². The molecule has 1 atom stereocenters. The summed E-state index contributed by atoms with van der Waals surface area (Å²) in [6.45, 7) is 5.25. The third-order valence-electron chi connectivity index (χ3n) is 3.17. The van der Waals surface area contributed by atoms with Gasteiger partial charge in [0.15, 0.2) is 0 Å². The van der Waals surface area contributed by atoms with Crippen LogP contribution in [0.25, 0.3) is 0 Å². The molecule has 1 N–H and O–H groups in total. The highest BCUT2D eigenvalue weighted by Gasteiger charge is 2.41. The average Bonchev–Trinajstić information content (AvgIpc) is 2.49. The molecule has 0 fully saturated rings. The summed E-state index contributed by atoms with van der Waals surface area (Å²) in [5, 5.41) is 8.54. The number of ether oxygens (including phenoxy) is 2. The summed E-state index contributed by atoms with van der Waals surface area (Å²) in [4.78, 5) is 15.8. The maximum Gasteiger partial charge on any atom is 0.383 e. The van der Waals surface area contributed by atoms with Crippen LogP contribution in [0.3, 0.4) is 0 Å². The zero-order valence-electron chi connectivity index (χ0n) is 15.3. The number of methoxy groups -OCH3 is 2. The fourth-order valence-corrected chi connectivity index (χ4v) is 4.15. The standard InChI is InChI=1S/C14H23N3O6S2/c1-14(2,3)11(12(18)19)24-13-15-9(22-6)8-10(23-7)17(13)25(20,21)16(4)5/h8,11H,1-7H3/p+1. The van der Waals surface area contributed by atoms with Gasteiger partial charge in [-0.2, -0.15) is 12.7 Å². The SMILES string of the molecule is COc1cc(OC)[n+](S(=O)(=O)N(C)C)c(SC(C(=O)O)C(C)(C)C)n1. The molecule has 11 heteroatoms. The molecular formula is C14H24N3O6S2+. The summed E-state index contributed by atoms with van der Waals surface area (Å²) in [5.41, 5.74) is -0.645. The van der Waals surface area contributed by atoms with Crippen LogP contribution >= 0.6 is 11.8 Å². The Bertz CT molecular complexity index is 744. The highest BCUT2D eigenvalue weighted by Crippen LogP contribution is 2.35. The molecule has 142 valence electrons. The lowest BCUT2D eigenvalue weighted by atomic mass is 9.92. The fourth-order valence-electron chi connectivity index (χ4n) is 1.83. The molecule has 1 aromatic rings. The number of aromatic nitrogens is 2. The van der Waals surface area contributed by atoms with Crippen LogP contribution in [0.2, 0.25) is 0 Å². The first-order valence-electron chi connectivity index (χ1n) is 7.23. The summed E-state index contributed by atoms with van der Waals surface area (Å²) >= 11 is 0.820. The first-order valence-corrected chi connectivity index (χ1v) is 9.51. The van der Waals surface area contributed by atoms with Crippen LogP contribution in [0.15, 0.2) is 11.2 Å². The van der Waals surface area contributed by atoms with Crippen molar-refractivity contribution < 1.29 is 31.8 Å². The van der Waals surface area contributed by atoms with E-state index in [1.54, 1.807) is 20.8 Å². The Labute approximate surface area is 152 Å². The number of hydrogen-bond acceptors (Lipinski definition) is 7. The van der Waals surface area contributed by atoms with Crippen LogP contribution in [-0.4, -0.2) is 62.3 Å². The molecule has 25 heavy (non-hydrogen) atoms. The van der Waals surface area contributed by atoms with Crippen LogP contribution in [0.4, 0.5) is 0 Å². The summed E-state index contributed by atoms with van der Waals surface area (Å²) in [7, 11) is 1.40. The van der Waals surface area contributed by atoms with E-state index >= 15 is 0 Å². The second-order valence-electron chi connectivity index (χ2n) is 6.38. The maximum absolute atomic E-state index is 12.7. The number of carbonyl (C=O) groups is 1. The molecule has 0 radical (unpaired) electrons. The van der Waals surface area contributed by atoms with Crippen molar-refractivity contribution in [2.45, 2.75) is 31.2 Å². The van der Waals surface area contributed by atoms with E-state index in [4.69, 9.17) is 9.47 Å². The van der Waals surface area contributed by atoms with E-state index < -0.39 is 26.8 Å². The molecule has 0 bridgehead atoms. The summed E-state index contributed by atoms with van der Waals surface area (Å²) in [6.07, 6.45) is 0. The van der Waals surface area contributed by atoms with E-state index in [2.05, 4.69) is 4.98 Å². The topological polar surface area (TPSA) is 110 Å². The molecule has 0 aliphatic heterocycles. The predicted molar refractivity (Wildman–Crippen MR) is 92.3 cm³/mol. The zero-order valence-corrected chi connectivity index (χ0v) is 16.9. The fraction of sp³-hybridized carbons (Fsp3) is 0.643. The van der Waals surface area contributed by atoms with E-state index in [1.165, 1.54) is 34.4 Å². The van der Waals surface area contributed by atoms with Gasteiger partial charge in [0.05, 0.1) is 14.2 Å². The van der Waals surface area contributed by atoms with E-state index in [-0.39, 0.29) is 16.9 Å². The van der Waals surface area contributed by atoms with Gasteiger partial charge in [-0.15, -0.1) is 0 Å². The molecule has 0 aliphatic rings. The van der Waals surface area contributed by atoms with Crippen LogP contribution in [-0.2, 0) is 15.0 Å². The van der Waals surface area contributed by atoms with E-state index in [0.29, 0.717) is 0 Å². The Morgan fingerprint density at radius 3 is 2.24 bits per heavy atom. The first kappa shape index (κ1) is 21.5. The largest absolute Gasteiger partial charge is 0.480 e. The van der Waals surface area contributed by atoms with Gasteiger partial charge in [0, 0.05) is 19.1 Å². The Balaban J connectivity index is 3.69. The first-order chi connectivity index (χ1) is 11.4. The molecule has 0 saturated heterocycles. The van der Waals surface area contributed by atoms with Crippen molar-refractivity contribution in [3.63, 3.8) is 0 Å². The number of aliphatic carboxylic acids is 1. The number of carboxylic acid groups (broad SMARTS) is 1. The lowest BCUT2D eigenvalue weighted by Crippen LogP contribution is -2.53. The Morgan fingerprint density at radius 1 is 1.32 bits per heavy atom. The third kappa shape index (κ3) is 4.73. The molecule has 9 nitrogen and oxygen atoms in total. The molecular weight excluding hydrogens is 370 g/mol. The lowest BCUT2D eigenvalue weighted by Gasteiger charge is -2.25. The monoisotopic (exact) mass is 394 g/mol. The van der Waals surface area contributed by atoms with Gasteiger partial charge in [-0.25, -0.2) is 0 Å². The minimum Gasteiger partial charge on any atom is -0.480 e. The van der Waals surface area contributed by atoms with Gasteiger partial charge >= 0.3 is 33.1 Å². The van der Waals surface area contributed by atoms with Crippen LogP contribution in [0.1, 0.15) is 20.8 Å². The average molecular weight is 394 g/mol. The normalized spacial score (nSPS) is 13.6. The summed E-state index contributed by atoms with van der Waals surface area (Å²) in [5.74, 6) is -1.00. The molecule has 0 aromatic carbocycles. The van der Waals surface area contributed by atoms with Gasteiger partial charge in [0.25, 0.3) is 0 Å². The summed E-state index contributed by atoms with van der Waals surface area (Å²) in [6, 6.07) is 1.32. The second kappa shape index (κ2) is 7.75. The lowest BCUT2D eigenvalue weighted by molar-refractivity contribution is -0.572. The second-order valence-corrected chi connectivity index (χ2v) is 9.44. The van der Waals surface area contributed by atoms with Gasteiger partial charge < -0.3 is 14.6 Å². The van der Waals surface area contributed by atoms with Gasteiger partial charge in [0.2, 0.25) is 0 Å². The zero-order chi connectivity index (χ0) is 19.6. The molecule has 0 aliphatic carbocycles. The van der Waals surface area contributed by atoms with Crippen molar-refractivity contribution >= 4 is 27.9 Å². The molecule has 0 spiro atoms. The summed E-state index contributed by atoms with van der Waals surface area (Å²) < 4.78 is 37.5. The highest BCUT2D eigenvalue weighted by atomic mass is 32.2. The van der Waals surface area contributed by atoms with Crippen LogP contribution < -0.4 is 13.4 Å². The molecule has 0 saturated carbocycles. The minimum absolute atomic E-state index is 0.0407. The smallest absolute Gasteiger partial charge is 0.383 e. The Hall–Kier alpha value is -1.59. The minimum atomic E-state index is -4.00. The number of rotatable bonds is 7. The Kier molecular flexibility index (Phi) is 6.65. The molecule has 1 aromatic heterocycles. The Morgan fingerprint density at radius 2 is 1.88 bits per heavy atom. The van der Waals surface area contributed by atoms with Gasteiger partial charge in [-0.3, -0.25) is 4.79 Å². The van der Waals surface area contributed by atoms with Gasteiger partial charge in [-0.05, 0) is 17.2 Å². The number of nitrogens with zero attached hydrogens (tertiary/aromatic N) is 3. The highest BCUT2D eigenvalue weighted by molar-refractivity contribution is 8.00. The predicted octanol–water partition coefficient (Wildman–Crippen LogP) is 0.632. The van der Waals surface area contributed by atoms with Crippen molar-refractivity contribution in [2.75, 3.05) is 28.3 Å². The number of carboxylic acids is 1. The van der Waals surface area contributed by atoms with E-state index in [1.807, 2.05) is 0 Å². The molecule has 1 unspecified atom stereocenters. The molecule has 0 amide bonds. The number of thioether (sulfide) groups is 1. The maximum atomic E-state index is 12.7. The van der Waals surface area contributed by atoms with Crippen LogP contribution in [0, 0.1) is 5.41 Å². The van der Waals surface area contributed by atoms with Crippen molar-refractivity contribution in [2.24, 2.45) is 5.41 Å². The van der Waals surface area contributed by atoms with Gasteiger partial charge in [0.1, 0.15) is 11.3 Å². The van der Waals surface area contributed by atoms with Crippen molar-refractivity contribution in [3.8, 4) is 11.8 Å². The molecule has 1 heterocycles. The van der Waals surface area contributed by atoms with Crippen molar-refractivity contribution in [1.82, 2.24) is 9.29 Å². The quantitative estimate of drug-likeness (QED) is 0.407. The number of hydrogen-bond donors (Lipinski definition) is 1. The third-order valence-corrected chi connectivity index (χ3v) is 6.65. The van der Waals surface area contributed by atoms with Crippen molar-refractivity contribution in [3.05, 3.63) is 6.07 Å². The van der Waals surface area contributed by atoms with E-state index in [0.717, 1.165) is 20.0 Å². The molecule has 1 rings (SSSR count).